The van der Waals surface area contributed by atoms with Gasteiger partial charge in [-0.15, -0.1) is 0 Å². The standard InChI is InChI=1S/C22H31N3O/c1-3-9-18(10-4-1)13-7-15-21-23-22(26-24-21)20-14-8-16-25(20)17-19-11-5-2-6-12-19/h1,3-4,9-10,19-20H,2,5-8,11-17H2/t20-/m0/s1. The predicted molar refractivity (Wildman–Crippen MR) is 103 cm³/mol. The van der Waals surface area contributed by atoms with Gasteiger partial charge in [0, 0.05) is 13.0 Å². The van der Waals surface area contributed by atoms with Crippen LogP contribution in [0.2, 0.25) is 0 Å². The van der Waals surface area contributed by atoms with Crippen LogP contribution in [0.3, 0.4) is 0 Å². The zero-order chi connectivity index (χ0) is 17.6. The number of aromatic nitrogens is 2. The Balaban J connectivity index is 1.30. The van der Waals surface area contributed by atoms with Crippen LogP contribution in [0.1, 0.15) is 74.7 Å². The molecule has 2 aromatic rings. The molecule has 140 valence electrons. The first-order valence-electron chi connectivity index (χ1n) is 10.5. The zero-order valence-electron chi connectivity index (χ0n) is 15.8. The smallest absolute Gasteiger partial charge is 0.243 e. The molecule has 1 aromatic carbocycles. The lowest BCUT2D eigenvalue weighted by molar-refractivity contribution is 0.162. The Labute approximate surface area is 157 Å². The minimum atomic E-state index is 0.354. The van der Waals surface area contributed by atoms with Crippen molar-refractivity contribution in [2.45, 2.75) is 70.3 Å². The summed E-state index contributed by atoms with van der Waals surface area (Å²) >= 11 is 0. The van der Waals surface area contributed by atoms with E-state index in [1.165, 1.54) is 63.6 Å². The monoisotopic (exact) mass is 353 g/mol. The maximum atomic E-state index is 5.67. The molecule has 1 aromatic heterocycles. The highest BCUT2D eigenvalue weighted by Gasteiger charge is 2.32. The third kappa shape index (κ3) is 4.53. The molecule has 1 aliphatic heterocycles. The van der Waals surface area contributed by atoms with Crippen LogP contribution in [0.25, 0.3) is 0 Å². The van der Waals surface area contributed by atoms with Gasteiger partial charge in [-0.3, -0.25) is 4.90 Å². The van der Waals surface area contributed by atoms with Crippen LogP contribution >= 0.6 is 0 Å². The quantitative estimate of drug-likeness (QED) is 0.705. The van der Waals surface area contributed by atoms with Crippen molar-refractivity contribution in [1.29, 1.82) is 0 Å². The molecule has 2 fully saturated rings. The molecular formula is C22H31N3O. The molecular weight excluding hydrogens is 322 g/mol. The minimum Gasteiger partial charge on any atom is -0.338 e. The third-order valence-electron chi connectivity index (χ3n) is 6.06. The van der Waals surface area contributed by atoms with Gasteiger partial charge in [-0.2, -0.15) is 4.98 Å². The van der Waals surface area contributed by atoms with E-state index in [1.807, 2.05) is 0 Å². The highest BCUT2D eigenvalue weighted by atomic mass is 16.5. The van der Waals surface area contributed by atoms with Crippen LogP contribution < -0.4 is 0 Å². The molecule has 2 aliphatic rings. The molecule has 4 nitrogen and oxygen atoms in total. The van der Waals surface area contributed by atoms with E-state index in [1.54, 1.807) is 0 Å². The molecule has 0 amide bonds. The van der Waals surface area contributed by atoms with E-state index in [9.17, 15) is 0 Å². The van der Waals surface area contributed by atoms with Crippen LogP contribution in [0.15, 0.2) is 34.9 Å². The summed E-state index contributed by atoms with van der Waals surface area (Å²) in [6.07, 6.45) is 12.5. The number of hydrogen-bond acceptors (Lipinski definition) is 4. The molecule has 1 saturated carbocycles. The van der Waals surface area contributed by atoms with Crippen LogP contribution in [0, 0.1) is 5.92 Å². The molecule has 0 unspecified atom stereocenters. The number of benzene rings is 1. The predicted octanol–water partition coefficient (Wildman–Crippen LogP) is 4.96. The Bertz CT molecular complexity index is 663. The average Bonchev–Trinajstić information content (AvgIpc) is 3.33. The molecule has 2 heterocycles. The second-order valence-electron chi connectivity index (χ2n) is 8.04. The Hall–Kier alpha value is -1.68. The number of rotatable bonds is 7. The van der Waals surface area contributed by atoms with Crippen molar-refractivity contribution >= 4 is 0 Å². The van der Waals surface area contributed by atoms with Gasteiger partial charge >= 0.3 is 0 Å². The van der Waals surface area contributed by atoms with Gasteiger partial charge in [0.2, 0.25) is 5.89 Å². The van der Waals surface area contributed by atoms with Gasteiger partial charge in [0.1, 0.15) is 0 Å². The molecule has 1 aliphatic carbocycles. The van der Waals surface area contributed by atoms with E-state index in [2.05, 4.69) is 40.4 Å². The van der Waals surface area contributed by atoms with E-state index in [-0.39, 0.29) is 0 Å². The fourth-order valence-corrected chi connectivity index (χ4v) is 4.63. The summed E-state index contributed by atoms with van der Waals surface area (Å²) in [4.78, 5) is 7.36. The normalized spacial score (nSPS) is 22.1. The van der Waals surface area contributed by atoms with Crippen molar-refractivity contribution < 1.29 is 4.52 Å². The third-order valence-corrected chi connectivity index (χ3v) is 6.06. The largest absolute Gasteiger partial charge is 0.338 e. The molecule has 26 heavy (non-hydrogen) atoms. The lowest BCUT2D eigenvalue weighted by Crippen LogP contribution is -2.30. The van der Waals surface area contributed by atoms with Gasteiger partial charge in [-0.1, -0.05) is 54.8 Å². The maximum Gasteiger partial charge on any atom is 0.243 e. The van der Waals surface area contributed by atoms with Crippen molar-refractivity contribution in [2.75, 3.05) is 13.1 Å². The SMILES string of the molecule is c1ccc(CCCc2noc([C@@H]3CCCN3CC3CCCCC3)n2)cc1. The Morgan fingerprint density at radius 3 is 2.65 bits per heavy atom. The number of likely N-dealkylation sites (tertiary alicyclic amines) is 1. The Kier molecular flexibility index (Phi) is 6.00. The summed E-state index contributed by atoms with van der Waals surface area (Å²) < 4.78 is 5.67. The van der Waals surface area contributed by atoms with Gasteiger partial charge in [-0.05, 0) is 56.6 Å². The van der Waals surface area contributed by atoms with E-state index in [0.29, 0.717) is 6.04 Å². The van der Waals surface area contributed by atoms with Crippen molar-refractivity contribution in [3.63, 3.8) is 0 Å². The van der Waals surface area contributed by atoms with E-state index in [4.69, 9.17) is 9.51 Å². The van der Waals surface area contributed by atoms with Crippen LogP contribution in [-0.2, 0) is 12.8 Å². The Morgan fingerprint density at radius 1 is 0.962 bits per heavy atom. The van der Waals surface area contributed by atoms with Crippen molar-refractivity contribution in [3.05, 3.63) is 47.6 Å². The Morgan fingerprint density at radius 2 is 1.81 bits per heavy atom. The molecule has 1 saturated heterocycles. The van der Waals surface area contributed by atoms with Gasteiger partial charge in [0.15, 0.2) is 5.82 Å². The van der Waals surface area contributed by atoms with E-state index < -0.39 is 0 Å². The summed E-state index contributed by atoms with van der Waals surface area (Å²) in [6.45, 7) is 2.41. The van der Waals surface area contributed by atoms with Gasteiger partial charge in [0.25, 0.3) is 0 Å². The van der Waals surface area contributed by atoms with E-state index in [0.717, 1.165) is 36.9 Å². The fraction of sp³-hybridized carbons (Fsp3) is 0.636. The lowest BCUT2D eigenvalue weighted by Gasteiger charge is -2.29. The van der Waals surface area contributed by atoms with Crippen molar-refractivity contribution in [2.24, 2.45) is 5.92 Å². The first kappa shape index (κ1) is 17.7. The van der Waals surface area contributed by atoms with E-state index >= 15 is 0 Å². The number of aryl methyl sites for hydroxylation is 2. The minimum absolute atomic E-state index is 0.354. The molecule has 0 bridgehead atoms. The van der Waals surface area contributed by atoms with Crippen LogP contribution in [0.4, 0.5) is 0 Å². The second kappa shape index (κ2) is 8.81. The molecule has 0 radical (unpaired) electrons. The topological polar surface area (TPSA) is 42.2 Å². The van der Waals surface area contributed by atoms with Crippen LogP contribution in [0.5, 0.6) is 0 Å². The highest BCUT2D eigenvalue weighted by molar-refractivity contribution is 5.14. The van der Waals surface area contributed by atoms with Crippen LogP contribution in [-0.4, -0.2) is 28.1 Å². The molecule has 4 heteroatoms. The molecule has 0 N–H and O–H groups in total. The molecule has 1 atom stereocenters. The first-order valence-corrected chi connectivity index (χ1v) is 10.5. The summed E-state index contributed by atoms with van der Waals surface area (Å²) in [5.74, 6) is 2.60. The van der Waals surface area contributed by atoms with Crippen molar-refractivity contribution in [1.82, 2.24) is 15.0 Å². The van der Waals surface area contributed by atoms with Crippen molar-refractivity contribution in [3.8, 4) is 0 Å². The number of nitrogens with zero attached hydrogens (tertiary/aromatic N) is 3. The molecule has 0 spiro atoms. The fourth-order valence-electron chi connectivity index (χ4n) is 4.63. The summed E-state index contributed by atoms with van der Waals surface area (Å²) in [7, 11) is 0. The summed E-state index contributed by atoms with van der Waals surface area (Å²) in [5, 5.41) is 4.26. The average molecular weight is 354 g/mol. The second-order valence-corrected chi connectivity index (χ2v) is 8.04. The van der Waals surface area contributed by atoms with Gasteiger partial charge < -0.3 is 4.52 Å². The lowest BCUT2D eigenvalue weighted by atomic mass is 9.89. The van der Waals surface area contributed by atoms with Gasteiger partial charge in [0.05, 0.1) is 6.04 Å². The molecule has 4 rings (SSSR count). The van der Waals surface area contributed by atoms with Gasteiger partial charge in [-0.25, -0.2) is 0 Å². The highest BCUT2D eigenvalue weighted by Crippen LogP contribution is 2.34. The number of hydrogen-bond donors (Lipinski definition) is 0. The summed E-state index contributed by atoms with van der Waals surface area (Å²) in [6, 6.07) is 11.0. The first-order chi connectivity index (χ1) is 12.9. The summed E-state index contributed by atoms with van der Waals surface area (Å²) in [5.41, 5.74) is 1.38. The maximum absolute atomic E-state index is 5.67. The zero-order valence-corrected chi connectivity index (χ0v) is 15.8.